The zero-order valence-corrected chi connectivity index (χ0v) is 13.5. The highest BCUT2D eigenvalue weighted by atomic mass is 16.2. The Morgan fingerprint density at radius 3 is 2.36 bits per heavy atom. The standard InChI is InChI=1S/C21H14N2O2/c1-12-18-16(11-15-14-9-5-6-10-17(14)22-19(12)15)20(24)23(21(18)25)13-7-3-2-4-8-13/h2-11,22H,1H3. The van der Waals surface area contributed by atoms with Gasteiger partial charge in [0.25, 0.3) is 11.8 Å². The smallest absolute Gasteiger partial charge is 0.266 e. The summed E-state index contributed by atoms with van der Waals surface area (Å²) in [5.41, 5.74) is 4.30. The van der Waals surface area contributed by atoms with E-state index in [1.165, 1.54) is 4.90 Å². The summed E-state index contributed by atoms with van der Waals surface area (Å²) in [6, 6.07) is 18.9. The van der Waals surface area contributed by atoms with Crippen LogP contribution in [0.4, 0.5) is 5.69 Å². The Balaban J connectivity index is 1.81. The van der Waals surface area contributed by atoms with Crippen LogP contribution in [0, 0.1) is 6.92 Å². The van der Waals surface area contributed by atoms with Crippen LogP contribution in [0.5, 0.6) is 0 Å². The molecule has 0 radical (unpaired) electrons. The molecule has 0 atom stereocenters. The Hall–Kier alpha value is -3.40. The molecule has 0 aliphatic carbocycles. The van der Waals surface area contributed by atoms with Crippen LogP contribution in [0.1, 0.15) is 26.3 Å². The molecule has 3 aromatic carbocycles. The maximum atomic E-state index is 13.0. The molecule has 1 aromatic heterocycles. The van der Waals surface area contributed by atoms with E-state index in [1.54, 1.807) is 12.1 Å². The van der Waals surface area contributed by atoms with Crippen LogP contribution in [-0.4, -0.2) is 16.8 Å². The molecule has 2 amide bonds. The second-order valence-electron chi connectivity index (χ2n) is 6.30. The molecule has 0 saturated heterocycles. The largest absolute Gasteiger partial charge is 0.354 e. The Bertz CT molecular complexity index is 1190. The quantitative estimate of drug-likeness (QED) is 0.526. The van der Waals surface area contributed by atoms with Gasteiger partial charge in [0, 0.05) is 16.3 Å². The van der Waals surface area contributed by atoms with Crippen molar-refractivity contribution in [3.8, 4) is 0 Å². The number of carbonyl (C=O) groups is 2. The lowest BCUT2D eigenvalue weighted by Crippen LogP contribution is -2.29. The first-order chi connectivity index (χ1) is 12.2. The van der Waals surface area contributed by atoms with Crippen molar-refractivity contribution in [1.82, 2.24) is 4.98 Å². The fraction of sp³-hybridized carbons (Fsp3) is 0.0476. The number of anilines is 1. The second-order valence-corrected chi connectivity index (χ2v) is 6.30. The van der Waals surface area contributed by atoms with E-state index in [0.29, 0.717) is 16.8 Å². The Morgan fingerprint density at radius 2 is 1.56 bits per heavy atom. The molecular formula is C21H14N2O2. The minimum Gasteiger partial charge on any atom is -0.354 e. The molecule has 25 heavy (non-hydrogen) atoms. The first-order valence-corrected chi connectivity index (χ1v) is 8.14. The normalized spacial score (nSPS) is 13.9. The first-order valence-electron chi connectivity index (χ1n) is 8.14. The summed E-state index contributed by atoms with van der Waals surface area (Å²) in [5.74, 6) is -0.522. The topological polar surface area (TPSA) is 53.2 Å². The molecular weight excluding hydrogens is 312 g/mol. The highest BCUT2D eigenvalue weighted by molar-refractivity contribution is 6.36. The van der Waals surface area contributed by atoms with Crippen molar-refractivity contribution in [3.05, 3.63) is 77.4 Å². The van der Waals surface area contributed by atoms with Gasteiger partial charge in [-0.05, 0) is 36.8 Å². The van der Waals surface area contributed by atoms with Crippen LogP contribution >= 0.6 is 0 Å². The molecule has 4 aromatic rings. The minimum atomic E-state index is -0.263. The van der Waals surface area contributed by atoms with Crippen molar-refractivity contribution in [2.45, 2.75) is 6.92 Å². The predicted molar refractivity (Wildman–Crippen MR) is 98.1 cm³/mol. The zero-order chi connectivity index (χ0) is 17.1. The number of fused-ring (bicyclic) bond motifs is 4. The molecule has 1 N–H and O–H groups in total. The molecule has 2 heterocycles. The number of H-pyrrole nitrogens is 1. The molecule has 5 rings (SSSR count). The number of aromatic nitrogens is 1. The number of amides is 2. The van der Waals surface area contributed by atoms with Crippen molar-refractivity contribution in [1.29, 1.82) is 0 Å². The lowest BCUT2D eigenvalue weighted by molar-refractivity contribution is 0.0926. The summed E-state index contributed by atoms with van der Waals surface area (Å²) in [7, 11) is 0. The van der Waals surface area contributed by atoms with Crippen LogP contribution in [0.25, 0.3) is 21.8 Å². The summed E-state index contributed by atoms with van der Waals surface area (Å²) < 4.78 is 0. The van der Waals surface area contributed by atoms with E-state index in [-0.39, 0.29) is 11.8 Å². The monoisotopic (exact) mass is 326 g/mol. The molecule has 120 valence electrons. The number of hydrogen-bond acceptors (Lipinski definition) is 2. The van der Waals surface area contributed by atoms with E-state index >= 15 is 0 Å². The van der Waals surface area contributed by atoms with Crippen LogP contribution in [-0.2, 0) is 0 Å². The van der Waals surface area contributed by atoms with Gasteiger partial charge in [-0.25, -0.2) is 4.90 Å². The van der Waals surface area contributed by atoms with E-state index in [2.05, 4.69) is 4.98 Å². The maximum Gasteiger partial charge on any atom is 0.266 e. The van der Waals surface area contributed by atoms with Crippen molar-refractivity contribution in [2.24, 2.45) is 0 Å². The third-order valence-corrected chi connectivity index (χ3v) is 4.92. The van der Waals surface area contributed by atoms with E-state index in [1.807, 2.05) is 55.5 Å². The van der Waals surface area contributed by atoms with Crippen LogP contribution in [0.3, 0.4) is 0 Å². The van der Waals surface area contributed by atoms with Gasteiger partial charge < -0.3 is 4.98 Å². The summed E-state index contributed by atoms with van der Waals surface area (Å²) in [6.45, 7) is 1.90. The highest BCUT2D eigenvalue weighted by Gasteiger charge is 2.38. The van der Waals surface area contributed by atoms with E-state index in [9.17, 15) is 9.59 Å². The van der Waals surface area contributed by atoms with Gasteiger partial charge in [-0.3, -0.25) is 9.59 Å². The maximum absolute atomic E-state index is 13.0. The number of para-hydroxylation sites is 2. The third-order valence-electron chi connectivity index (χ3n) is 4.92. The van der Waals surface area contributed by atoms with Gasteiger partial charge in [-0.2, -0.15) is 0 Å². The predicted octanol–water partition coefficient (Wildman–Crippen LogP) is 4.43. The molecule has 1 aliphatic rings. The third kappa shape index (κ3) is 1.76. The lowest BCUT2D eigenvalue weighted by Gasteiger charge is -2.13. The van der Waals surface area contributed by atoms with Crippen LogP contribution < -0.4 is 4.90 Å². The summed E-state index contributed by atoms with van der Waals surface area (Å²) in [4.78, 5) is 30.6. The number of imide groups is 1. The number of rotatable bonds is 1. The Labute approximate surface area is 143 Å². The molecule has 0 unspecified atom stereocenters. The van der Waals surface area contributed by atoms with Crippen molar-refractivity contribution in [2.75, 3.05) is 4.90 Å². The number of carbonyl (C=O) groups excluding carboxylic acids is 2. The molecule has 0 spiro atoms. The van der Waals surface area contributed by atoms with Gasteiger partial charge >= 0.3 is 0 Å². The van der Waals surface area contributed by atoms with Gasteiger partial charge in [0.05, 0.1) is 22.3 Å². The van der Waals surface area contributed by atoms with E-state index < -0.39 is 0 Å². The highest BCUT2D eigenvalue weighted by Crippen LogP contribution is 2.36. The second kappa shape index (κ2) is 4.80. The average Bonchev–Trinajstić information content (AvgIpc) is 3.13. The van der Waals surface area contributed by atoms with Gasteiger partial charge in [0.2, 0.25) is 0 Å². The fourth-order valence-electron chi connectivity index (χ4n) is 3.73. The van der Waals surface area contributed by atoms with Gasteiger partial charge in [0.1, 0.15) is 0 Å². The summed E-state index contributed by atoms with van der Waals surface area (Å²) in [5, 5.41) is 2.03. The van der Waals surface area contributed by atoms with E-state index in [0.717, 1.165) is 27.4 Å². The van der Waals surface area contributed by atoms with E-state index in [4.69, 9.17) is 0 Å². The summed E-state index contributed by atoms with van der Waals surface area (Å²) in [6.07, 6.45) is 0. The van der Waals surface area contributed by atoms with Crippen molar-refractivity contribution >= 4 is 39.3 Å². The number of hydrogen-bond donors (Lipinski definition) is 1. The van der Waals surface area contributed by atoms with Crippen molar-refractivity contribution in [3.63, 3.8) is 0 Å². The molecule has 4 nitrogen and oxygen atoms in total. The Morgan fingerprint density at radius 1 is 0.840 bits per heavy atom. The fourth-order valence-corrected chi connectivity index (χ4v) is 3.73. The molecule has 4 heteroatoms. The minimum absolute atomic E-state index is 0.260. The van der Waals surface area contributed by atoms with Crippen molar-refractivity contribution < 1.29 is 9.59 Å². The van der Waals surface area contributed by atoms with Gasteiger partial charge in [-0.15, -0.1) is 0 Å². The van der Waals surface area contributed by atoms with Crippen LogP contribution in [0.15, 0.2) is 60.7 Å². The van der Waals surface area contributed by atoms with Crippen LogP contribution in [0.2, 0.25) is 0 Å². The Kier molecular flexibility index (Phi) is 2.69. The number of aryl methyl sites for hydroxylation is 1. The zero-order valence-electron chi connectivity index (χ0n) is 13.5. The molecule has 0 bridgehead atoms. The summed E-state index contributed by atoms with van der Waals surface area (Å²) >= 11 is 0. The molecule has 1 aliphatic heterocycles. The SMILES string of the molecule is Cc1c2c(cc3c1[nH]c1ccccc13)C(=O)N(c1ccccc1)C2=O. The number of benzene rings is 3. The first kappa shape index (κ1) is 14.0. The molecule has 0 saturated carbocycles. The van der Waals surface area contributed by atoms with Gasteiger partial charge in [0.15, 0.2) is 0 Å². The number of nitrogens with one attached hydrogen (secondary N) is 1. The van der Waals surface area contributed by atoms with Gasteiger partial charge in [-0.1, -0.05) is 36.4 Å². The average molecular weight is 326 g/mol. The molecule has 0 fully saturated rings. The number of aromatic amines is 1. The number of nitrogens with zero attached hydrogens (tertiary/aromatic N) is 1. The lowest BCUT2D eigenvalue weighted by atomic mass is 9.99.